The number of nitrogens with one attached hydrogen (secondary N) is 1. The molecule has 1 aromatic carbocycles. The molecule has 2 aliphatic heterocycles. The van der Waals surface area contributed by atoms with Crippen LogP contribution in [0.25, 0.3) is 0 Å². The molecule has 114 valence electrons. The van der Waals surface area contributed by atoms with Crippen molar-refractivity contribution in [3.63, 3.8) is 0 Å². The monoisotopic (exact) mass is 351 g/mol. The van der Waals surface area contributed by atoms with E-state index in [1.807, 2.05) is 6.07 Å². The number of fused-ring (bicyclic) bond motifs is 1. The fraction of sp³-hybridized carbons (Fsp3) is 0.562. The maximum absolute atomic E-state index is 11.7. The second kappa shape index (κ2) is 5.97. The summed E-state index contributed by atoms with van der Waals surface area (Å²) in [6.45, 7) is 3.33. The van der Waals surface area contributed by atoms with Crippen LogP contribution in [-0.2, 0) is 4.79 Å². The number of carbonyl (C=O) groups excluding carboxylic acids is 1. The zero-order valence-electron chi connectivity index (χ0n) is 12.4. The average Bonchev–Trinajstić information content (AvgIpc) is 2.68. The molecule has 1 saturated heterocycles. The molecule has 0 aliphatic carbocycles. The Hall–Kier alpha value is -1.07. The van der Waals surface area contributed by atoms with Crippen molar-refractivity contribution in [2.75, 3.05) is 16.8 Å². The minimum absolute atomic E-state index is 0.114. The zero-order valence-corrected chi connectivity index (χ0v) is 13.9. The molecule has 2 aliphatic rings. The molecule has 4 nitrogen and oxygen atoms in total. The minimum Gasteiger partial charge on any atom is -0.368 e. The van der Waals surface area contributed by atoms with Crippen LogP contribution in [0.1, 0.15) is 50.6 Å². The Morgan fingerprint density at radius 1 is 1.38 bits per heavy atom. The van der Waals surface area contributed by atoms with Crippen LogP contribution < -0.4 is 16.0 Å². The Kier molecular flexibility index (Phi) is 4.22. The van der Waals surface area contributed by atoms with Gasteiger partial charge in [0.1, 0.15) is 6.04 Å². The molecule has 0 radical (unpaired) electrons. The molecule has 3 N–H and O–H groups in total. The third kappa shape index (κ3) is 2.69. The summed E-state index contributed by atoms with van der Waals surface area (Å²) in [6, 6.07) is 4.12. The zero-order chi connectivity index (χ0) is 15.0. The summed E-state index contributed by atoms with van der Waals surface area (Å²) in [5.41, 5.74) is 8.85. The predicted molar refractivity (Wildman–Crippen MR) is 89.6 cm³/mol. The first kappa shape index (κ1) is 14.9. The van der Waals surface area contributed by atoms with Gasteiger partial charge in [0.05, 0.1) is 5.69 Å². The van der Waals surface area contributed by atoms with Gasteiger partial charge in [-0.3, -0.25) is 4.79 Å². The number of hydrogen-bond donors (Lipinski definition) is 2. The fourth-order valence-corrected chi connectivity index (χ4v) is 4.02. The summed E-state index contributed by atoms with van der Waals surface area (Å²) >= 11 is 3.68. The Bertz CT molecular complexity index is 561. The van der Waals surface area contributed by atoms with Gasteiger partial charge in [-0.2, -0.15) is 0 Å². The van der Waals surface area contributed by atoms with E-state index in [1.165, 1.54) is 31.4 Å². The third-order valence-electron chi connectivity index (χ3n) is 4.65. The van der Waals surface area contributed by atoms with E-state index in [9.17, 15) is 4.79 Å². The van der Waals surface area contributed by atoms with Gasteiger partial charge in [-0.15, -0.1) is 0 Å². The van der Waals surface area contributed by atoms with Gasteiger partial charge in [0, 0.05) is 28.3 Å². The molecule has 5 heteroatoms. The first-order valence-corrected chi connectivity index (χ1v) is 8.57. The summed E-state index contributed by atoms with van der Waals surface area (Å²) in [4.78, 5) is 14.2. The maximum atomic E-state index is 11.7. The van der Waals surface area contributed by atoms with E-state index >= 15 is 0 Å². The molecule has 0 aromatic heterocycles. The van der Waals surface area contributed by atoms with Gasteiger partial charge in [0.25, 0.3) is 0 Å². The summed E-state index contributed by atoms with van der Waals surface area (Å²) in [6.07, 6.45) is 6.23. The lowest BCUT2D eigenvalue weighted by atomic mass is 10.0. The van der Waals surface area contributed by atoms with Crippen molar-refractivity contribution in [1.82, 2.24) is 0 Å². The van der Waals surface area contributed by atoms with E-state index in [2.05, 4.69) is 39.1 Å². The number of carbonyl (C=O) groups is 1. The predicted octanol–water partition coefficient (Wildman–Crippen LogP) is 3.56. The molecule has 0 bridgehead atoms. The highest BCUT2D eigenvalue weighted by Gasteiger charge is 2.30. The topological polar surface area (TPSA) is 58.4 Å². The second-order valence-electron chi connectivity index (χ2n) is 5.96. The molecule has 2 heterocycles. The molecule has 3 rings (SSSR count). The highest BCUT2D eigenvalue weighted by Crippen LogP contribution is 2.40. The highest BCUT2D eigenvalue weighted by molar-refractivity contribution is 9.10. The van der Waals surface area contributed by atoms with Crippen LogP contribution in [0.5, 0.6) is 0 Å². The molecule has 2 unspecified atom stereocenters. The van der Waals surface area contributed by atoms with Crippen molar-refractivity contribution < 1.29 is 4.79 Å². The van der Waals surface area contributed by atoms with E-state index in [4.69, 9.17) is 5.73 Å². The van der Waals surface area contributed by atoms with Crippen molar-refractivity contribution in [2.45, 2.75) is 51.1 Å². The van der Waals surface area contributed by atoms with Gasteiger partial charge < -0.3 is 16.0 Å². The number of hydrogen-bond acceptors (Lipinski definition) is 3. The second-order valence-corrected chi connectivity index (χ2v) is 6.82. The number of rotatable bonds is 2. The van der Waals surface area contributed by atoms with Gasteiger partial charge in [0.15, 0.2) is 0 Å². The molecule has 0 saturated carbocycles. The Morgan fingerprint density at radius 3 is 2.95 bits per heavy atom. The van der Waals surface area contributed by atoms with Crippen LogP contribution in [0.3, 0.4) is 0 Å². The number of anilines is 2. The van der Waals surface area contributed by atoms with E-state index in [0.717, 1.165) is 28.7 Å². The molecule has 1 fully saturated rings. The molecule has 1 amide bonds. The van der Waals surface area contributed by atoms with Gasteiger partial charge in [-0.1, -0.05) is 19.8 Å². The van der Waals surface area contributed by atoms with Crippen molar-refractivity contribution in [1.29, 1.82) is 0 Å². The quantitative estimate of drug-likeness (QED) is 0.856. The number of halogens is 1. The largest absolute Gasteiger partial charge is 0.368 e. The average molecular weight is 352 g/mol. The molecular formula is C16H22BrN3O. The summed E-state index contributed by atoms with van der Waals surface area (Å²) in [5, 5.41) is 2.89. The molecule has 0 spiro atoms. The van der Waals surface area contributed by atoms with Crippen LogP contribution in [0.4, 0.5) is 11.4 Å². The Balaban J connectivity index is 1.98. The number of nitrogens with zero attached hydrogens (tertiary/aromatic N) is 1. The van der Waals surface area contributed by atoms with E-state index in [1.54, 1.807) is 0 Å². The molecule has 21 heavy (non-hydrogen) atoms. The normalized spacial score (nSPS) is 25.5. The van der Waals surface area contributed by atoms with Gasteiger partial charge in [-0.25, -0.2) is 0 Å². The Morgan fingerprint density at radius 2 is 2.19 bits per heavy atom. The standard InChI is InChI=1S/C16H22BrN3O/c1-2-10-6-4-3-5-7-20(10)14-9-13-11(8-12(14)17)15(18)16(21)19-13/h8-10,15H,2-7,18H2,1H3,(H,19,21). The fourth-order valence-electron chi connectivity index (χ4n) is 3.43. The summed E-state index contributed by atoms with van der Waals surface area (Å²) < 4.78 is 1.04. The first-order chi connectivity index (χ1) is 10.1. The van der Waals surface area contributed by atoms with E-state index in [0.29, 0.717) is 6.04 Å². The SMILES string of the molecule is CCC1CCCCCN1c1cc2c(cc1Br)C(N)C(=O)N2. The first-order valence-electron chi connectivity index (χ1n) is 7.78. The van der Waals surface area contributed by atoms with Crippen LogP contribution >= 0.6 is 15.9 Å². The van der Waals surface area contributed by atoms with Gasteiger partial charge in [0.2, 0.25) is 5.91 Å². The molecule has 1 aromatic rings. The number of benzene rings is 1. The lowest BCUT2D eigenvalue weighted by Crippen LogP contribution is -2.34. The number of nitrogens with two attached hydrogens (primary N) is 1. The summed E-state index contributed by atoms with van der Waals surface area (Å²) in [5.74, 6) is -0.114. The van der Waals surface area contributed by atoms with Crippen molar-refractivity contribution in [2.24, 2.45) is 5.73 Å². The smallest absolute Gasteiger partial charge is 0.245 e. The van der Waals surface area contributed by atoms with Gasteiger partial charge >= 0.3 is 0 Å². The highest BCUT2D eigenvalue weighted by atomic mass is 79.9. The van der Waals surface area contributed by atoms with Crippen molar-refractivity contribution in [3.05, 3.63) is 22.2 Å². The van der Waals surface area contributed by atoms with Crippen LogP contribution in [0.2, 0.25) is 0 Å². The minimum atomic E-state index is -0.545. The summed E-state index contributed by atoms with van der Waals surface area (Å²) in [7, 11) is 0. The maximum Gasteiger partial charge on any atom is 0.245 e. The van der Waals surface area contributed by atoms with Gasteiger partial charge in [-0.05, 0) is 47.3 Å². The lowest BCUT2D eigenvalue weighted by molar-refractivity contribution is -0.116. The Labute approximate surface area is 134 Å². The van der Waals surface area contributed by atoms with E-state index in [-0.39, 0.29) is 5.91 Å². The van der Waals surface area contributed by atoms with Crippen molar-refractivity contribution >= 4 is 33.2 Å². The molecule has 2 atom stereocenters. The number of amides is 1. The molecular weight excluding hydrogens is 330 g/mol. The van der Waals surface area contributed by atoms with Crippen LogP contribution in [-0.4, -0.2) is 18.5 Å². The van der Waals surface area contributed by atoms with Crippen LogP contribution in [0, 0.1) is 0 Å². The van der Waals surface area contributed by atoms with Crippen molar-refractivity contribution in [3.8, 4) is 0 Å². The third-order valence-corrected chi connectivity index (χ3v) is 5.29. The lowest BCUT2D eigenvalue weighted by Gasteiger charge is -2.32. The van der Waals surface area contributed by atoms with E-state index < -0.39 is 6.04 Å². The van der Waals surface area contributed by atoms with Crippen LogP contribution in [0.15, 0.2) is 16.6 Å².